The summed E-state index contributed by atoms with van der Waals surface area (Å²) in [5, 5.41) is 6.09. The minimum Gasteiger partial charge on any atom is -0.383 e. The molecule has 0 aromatic rings. The first-order valence-electron chi connectivity index (χ1n) is 6.17. The number of nitrogens with one attached hydrogen (secondary N) is 2. The monoisotopic (exact) mass is 230 g/mol. The minimum atomic E-state index is 0.0905. The molecule has 0 aliphatic carbocycles. The maximum atomic E-state index is 11.3. The molecular formula is C12H26N2O2. The van der Waals surface area contributed by atoms with Gasteiger partial charge in [0.1, 0.15) is 0 Å². The van der Waals surface area contributed by atoms with Crippen molar-refractivity contribution >= 4 is 5.91 Å². The van der Waals surface area contributed by atoms with Crippen LogP contribution in [0.3, 0.4) is 0 Å². The van der Waals surface area contributed by atoms with E-state index in [1.807, 2.05) is 0 Å². The molecule has 16 heavy (non-hydrogen) atoms. The lowest BCUT2D eigenvalue weighted by Gasteiger charge is -2.11. The van der Waals surface area contributed by atoms with Gasteiger partial charge in [-0.2, -0.15) is 0 Å². The first-order chi connectivity index (χ1) is 7.70. The zero-order chi connectivity index (χ0) is 12.2. The van der Waals surface area contributed by atoms with Crippen molar-refractivity contribution in [2.24, 2.45) is 5.92 Å². The van der Waals surface area contributed by atoms with Crippen LogP contribution >= 0.6 is 0 Å². The number of ether oxygens (including phenoxy) is 1. The maximum Gasteiger partial charge on any atom is 0.221 e. The molecule has 1 unspecified atom stereocenters. The number of carbonyl (C=O) groups is 1. The highest BCUT2D eigenvalue weighted by atomic mass is 16.5. The van der Waals surface area contributed by atoms with Crippen molar-refractivity contribution in [1.29, 1.82) is 0 Å². The molecule has 0 spiro atoms. The second-order valence-electron chi connectivity index (χ2n) is 4.19. The third-order valence-electron chi connectivity index (χ3n) is 2.43. The van der Waals surface area contributed by atoms with Crippen LogP contribution in [0.25, 0.3) is 0 Å². The Morgan fingerprint density at radius 1 is 1.38 bits per heavy atom. The van der Waals surface area contributed by atoms with Crippen molar-refractivity contribution in [3.05, 3.63) is 0 Å². The zero-order valence-corrected chi connectivity index (χ0v) is 10.8. The van der Waals surface area contributed by atoms with Crippen LogP contribution in [-0.4, -0.2) is 39.3 Å². The van der Waals surface area contributed by atoms with Gasteiger partial charge in [-0.3, -0.25) is 4.79 Å². The number of hydrogen-bond acceptors (Lipinski definition) is 3. The highest BCUT2D eigenvalue weighted by Gasteiger charge is 2.02. The van der Waals surface area contributed by atoms with Crippen LogP contribution in [0, 0.1) is 5.92 Å². The van der Waals surface area contributed by atoms with Crippen molar-refractivity contribution in [2.45, 2.75) is 33.1 Å². The predicted octanol–water partition coefficient (Wildman–Crippen LogP) is 1.16. The van der Waals surface area contributed by atoms with Gasteiger partial charge in [-0.15, -0.1) is 0 Å². The molecule has 0 radical (unpaired) electrons. The van der Waals surface area contributed by atoms with Gasteiger partial charge in [-0.05, 0) is 18.9 Å². The largest absolute Gasteiger partial charge is 0.383 e. The van der Waals surface area contributed by atoms with E-state index in [1.165, 1.54) is 12.8 Å². The molecule has 96 valence electrons. The summed E-state index contributed by atoms with van der Waals surface area (Å²) in [6, 6.07) is 0. The SMILES string of the molecule is CCCC(C)CNCCC(=O)NCCOC. The number of carbonyl (C=O) groups excluding carboxylic acids is 1. The summed E-state index contributed by atoms with van der Waals surface area (Å²) in [6.07, 6.45) is 3.01. The van der Waals surface area contributed by atoms with Crippen LogP contribution in [0.5, 0.6) is 0 Å². The van der Waals surface area contributed by atoms with E-state index >= 15 is 0 Å². The van der Waals surface area contributed by atoms with E-state index < -0.39 is 0 Å². The Morgan fingerprint density at radius 2 is 2.12 bits per heavy atom. The Bertz CT molecular complexity index is 174. The Morgan fingerprint density at radius 3 is 2.75 bits per heavy atom. The Labute approximate surface area is 99.1 Å². The van der Waals surface area contributed by atoms with Crippen molar-refractivity contribution < 1.29 is 9.53 Å². The fourth-order valence-electron chi connectivity index (χ4n) is 1.53. The molecule has 0 heterocycles. The summed E-state index contributed by atoms with van der Waals surface area (Å²) in [5.74, 6) is 0.786. The fraction of sp³-hybridized carbons (Fsp3) is 0.917. The molecule has 0 fully saturated rings. The van der Waals surface area contributed by atoms with E-state index in [9.17, 15) is 4.79 Å². The maximum absolute atomic E-state index is 11.3. The van der Waals surface area contributed by atoms with Crippen LogP contribution in [0.1, 0.15) is 33.1 Å². The smallest absolute Gasteiger partial charge is 0.221 e. The van der Waals surface area contributed by atoms with E-state index in [2.05, 4.69) is 24.5 Å². The number of hydrogen-bond donors (Lipinski definition) is 2. The molecule has 0 aliphatic rings. The predicted molar refractivity (Wildman–Crippen MR) is 66.4 cm³/mol. The van der Waals surface area contributed by atoms with Crippen molar-refractivity contribution in [1.82, 2.24) is 10.6 Å². The summed E-state index contributed by atoms with van der Waals surface area (Å²) < 4.78 is 4.85. The molecule has 1 atom stereocenters. The standard InChI is InChI=1S/C12H26N2O2/c1-4-5-11(2)10-13-7-6-12(15)14-8-9-16-3/h11,13H,4-10H2,1-3H3,(H,14,15). The van der Waals surface area contributed by atoms with Gasteiger partial charge in [-0.1, -0.05) is 20.3 Å². The van der Waals surface area contributed by atoms with Crippen LogP contribution in [0.2, 0.25) is 0 Å². The molecule has 0 aliphatic heterocycles. The lowest BCUT2D eigenvalue weighted by molar-refractivity contribution is -0.121. The summed E-state index contributed by atoms with van der Waals surface area (Å²) in [5.41, 5.74) is 0. The third-order valence-corrected chi connectivity index (χ3v) is 2.43. The molecular weight excluding hydrogens is 204 g/mol. The molecule has 0 saturated heterocycles. The Kier molecular flexibility index (Phi) is 10.5. The van der Waals surface area contributed by atoms with Crippen LogP contribution < -0.4 is 10.6 Å². The van der Waals surface area contributed by atoms with E-state index in [0.717, 1.165) is 13.1 Å². The molecule has 0 saturated carbocycles. The molecule has 1 amide bonds. The Hall–Kier alpha value is -0.610. The minimum absolute atomic E-state index is 0.0905. The number of amides is 1. The summed E-state index contributed by atoms with van der Waals surface area (Å²) in [6.45, 7) is 7.36. The first kappa shape index (κ1) is 15.4. The third kappa shape index (κ3) is 9.93. The molecule has 2 N–H and O–H groups in total. The topological polar surface area (TPSA) is 50.4 Å². The van der Waals surface area contributed by atoms with Crippen LogP contribution in [0.15, 0.2) is 0 Å². The fourth-order valence-corrected chi connectivity index (χ4v) is 1.53. The van der Waals surface area contributed by atoms with Gasteiger partial charge in [0.15, 0.2) is 0 Å². The second-order valence-corrected chi connectivity index (χ2v) is 4.19. The van der Waals surface area contributed by atoms with Gasteiger partial charge in [0.05, 0.1) is 6.61 Å². The lowest BCUT2D eigenvalue weighted by atomic mass is 10.1. The van der Waals surface area contributed by atoms with Gasteiger partial charge in [-0.25, -0.2) is 0 Å². The van der Waals surface area contributed by atoms with Crippen molar-refractivity contribution in [3.63, 3.8) is 0 Å². The lowest BCUT2D eigenvalue weighted by Crippen LogP contribution is -2.31. The summed E-state index contributed by atoms with van der Waals surface area (Å²) in [4.78, 5) is 11.3. The van der Waals surface area contributed by atoms with E-state index in [4.69, 9.17) is 4.74 Å². The second kappa shape index (κ2) is 10.9. The summed E-state index contributed by atoms with van der Waals surface area (Å²) >= 11 is 0. The number of methoxy groups -OCH3 is 1. The average molecular weight is 230 g/mol. The zero-order valence-electron chi connectivity index (χ0n) is 10.8. The number of rotatable bonds is 10. The highest BCUT2D eigenvalue weighted by Crippen LogP contribution is 2.02. The van der Waals surface area contributed by atoms with E-state index in [1.54, 1.807) is 7.11 Å². The van der Waals surface area contributed by atoms with Gasteiger partial charge >= 0.3 is 0 Å². The molecule has 0 aromatic heterocycles. The van der Waals surface area contributed by atoms with Crippen LogP contribution in [0.4, 0.5) is 0 Å². The quantitative estimate of drug-likeness (QED) is 0.554. The molecule has 0 bridgehead atoms. The molecule has 4 heteroatoms. The average Bonchev–Trinajstić information content (AvgIpc) is 2.25. The van der Waals surface area contributed by atoms with Crippen molar-refractivity contribution in [2.75, 3.05) is 33.4 Å². The van der Waals surface area contributed by atoms with E-state index in [0.29, 0.717) is 25.5 Å². The summed E-state index contributed by atoms with van der Waals surface area (Å²) in [7, 11) is 1.63. The highest BCUT2D eigenvalue weighted by molar-refractivity contribution is 5.75. The van der Waals surface area contributed by atoms with Gasteiger partial charge in [0.2, 0.25) is 5.91 Å². The van der Waals surface area contributed by atoms with Gasteiger partial charge in [0.25, 0.3) is 0 Å². The van der Waals surface area contributed by atoms with Gasteiger partial charge in [0, 0.05) is 26.6 Å². The van der Waals surface area contributed by atoms with Crippen molar-refractivity contribution in [3.8, 4) is 0 Å². The normalized spacial score (nSPS) is 12.4. The molecule has 0 rings (SSSR count). The molecule has 0 aromatic carbocycles. The first-order valence-corrected chi connectivity index (χ1v) is 6.17. The molecule has 4 nitrogen and oxygen atoms in total. The van der Waals surface area contributed by atoms with Crippen LogP contribution in [-0.2, 0) is 9.53 Å². The Balaban J connectivity index is 3.27. The van der Waals surface area contributed by atoms with E-state index in [-0.39, 0.29) is 5.91 Å². The van der Waals surface area contributed by atoms with Gasteiger partial charge < -0.3 is 15.4 Å².